The van der Waals surface area contributed by atoms with Crippen LogP contribution in [-0.2, 0) is 13.1 Å². The molecule has 0 fully saturated rings. The quantitative estimate of drug-likeness (QED) is 0.348. The molecule has 0 aromatic heterocycles. The molecule has 27 heavy (non-hydrogen) atoms. The minimum absolute atomic E-state index is 0. The summed E-state index contributed by atoms with van der Waals surface area (Å²) in [7, 11) is 3.06. The van der Waals surface area contributed by atoms with E-state index in [9.17, 15) is 13.2 Å². The zero-order valence-electron chi connectivity index (χ0n) is 14.8. The Hall–Kier alpha value is -2.17. The van der Waals surface area contributed by atoms with E-state index in [1.807, 2.05) is 0 Å². The zero-order valence-corrected chi connectivity index (χ0v) is 17.2. The number of methoxy groups -OCH3 is 1. The number of benzene rings is 2. The molecule has 0 aliphatic rings. The molecule has 0 bridgehead atoms. The van der Waals surface area contributed by atoms with Crippen molar-refractivity contribution in [3.05, 3.63) is 59.4 Å². The Bertz CT molecular complexity index is 760. The second kappa shape index (κ2) is 11.5. The minimum Gasteiger partial charge on any atom is -0.497 e. The van der Waals surface area contributed by atoms with Crippen molar-refractivity contribution in [1.82, 2.24) is 10.6 Å². The van der Waals surface area contributed by atoms with Crippen LogP contribution in [0, 0.1) is 5.82 Å². The predicted octanol–water partition coefficient (Wildman–Crippen LogP) is 3.92. The summed E-state index contributed by atoms with van der Waals surface area (Å²) in [6.07, 6.45) is 0. The fraction of sp³-hybridized carbons (Fsp3) is 0.278. The molecule has 0 saturated carbocycles. The molecule has 0 radical (unpaired) electrons. The molecular weight excluding hydrogens is 474 g/mol. The summed E-state index contributed by atoms with van der Waals surface area (Å²) in [6, 6.07) is 10.7. The number of aliphatic imine (C=N–C) groups is 1. The first-order valence-corrected chi connectivity index (χ1v) is 7.82. The molecule has 0 aliphatic heterocycles. The van der Waals surface area contributed by atoms with Gasteiger partial charge < -0.3 is 20.1 Å². The number of ether oxygens (including phenoxy) is 2. The molecule has 2 aromatic rings. The van der Waals surface area contributed by atoms with Crippen LogP contribution in [0.15, 0.2) is 47.5 Å². The average Bonchev–Trinajstić information content (AvgIpc) is 2.62. The van der Waals surface area contributed by atoms with Crippen molar-refractivity contribution in [2.45, 2.75) is 19.7 Å². The van der Waals surface area contributed by atoms with Crippen LogP contribution >= 0.6 is 24.0 Å². The number of nitrogens with zero attached hydrogens (tertiary/aromatic N) is 1. The molecule has 5 nitrogen and oxygen atoms in total. The molecule has 0 amide bonds. The van der Waals surface area contributed by atoms with E-state index in [2.05, 4.69) is 20.4 Å². The third-order valence-electron chi connectivity index (χ3n) is 3.50. The molecule has 2 aromatic carbocycles. The fourth-order valence-electron chi connectivity index (χ4n) is 2.26. The van der Waals surface area contributed by atoms with Crippen molar-refractivity contribution in [2.75, 3.05) is 14.2 Å². The zero-order chi connectivity index (χ0) is 18.9. The lowest BCUT2D eigenvalue weighted by atomic mass is 10.2. The molecule has 2 rings (SSSR count). The molecule has 0 aliphatic carbocycles. The molecule has 0 heterocycles. The highest BCUT2D eigenvalue weighted by Gasteiger charge is 2.11. The number of hydrogen-bond acceptors (Lipinski definition) is 3. The lowest BCUT2D eigenvalue weighted by Crippen LogP contribution is -2.36. The number of rotatable bonds is 7. The molecular formula is C18H21F3IN3O2. The van der Waals surface area contributed by atoms with Gasteiger partial charge in [-0.3, -0.25) is 4.99 Å². The monoisotopic (exact) mass is 495 g/mol. The van der Waals surface area contributed by atoms with Crippen molar-refractivity contribution in [3.63, 3.8) is 0 Å². The summed E-state index contributed by atoms with van der Waals surface area (Å²) in [5, 5.41) is 6.02. The first kappa shape index (κ1) is 22.9. The van der Waals surface area contributed by atoms with Crippen LogP contribution < -0.4 is 20.1 Å². The highest BCUT2D eigenvalue weighted by atomic mass is 127. The Morgan fingerprint density at radius 1 is 1.11 bits per heavy atom. The van der Waals surface area contributed by atoms with Crippen molar-refractivity contribution in [2.24, 2.45) is 4.99 Å². The van der Waals surface area contributed by atoms with Crippen LogP contribution in [0.3, 0.4) is 0 Å². The number of alkyl halides is 2. The van der Waals surface area contributed by atoms with E-state index in [-0.39, 0.29) is 42.1 Å². The number of guanidine groups is 1. The van der Waals surface area contributed by atoms with Gasteiger partial charge in [-0.05, 0) is 35.9 Å². The third kappa shape index (κ3) is 7.53. The van der Waals surface area contributed by atoms with Gasteiger partial charge >= 0.3 is 6.61 Å². The van der Waals surface area contributed by atoms with Crippen LogP contribution in [0.2, 0.25) is 0 Å². The standard InChI is InChI=1S/C18H20F3N3O2.HI/c1-22-18(23-10-12-4-3-5-14(19)8-12)24-11-13-9-15(25-2)6-7-16(13)26-17(20)21;/h3-9,17H,10-11H2,1-2H3,(H2,22,23,24);1H. The summed E-state index contributed by atoms with van der Waals surface area (Å²) in [4.78, 5) is 4.05. The normalized spacial score (nSPS) is 11.0. The second-order valence-corrected chi connectivity index (χ2v) is 5.26. The van der Waals surface area contributed by atoms with Crippen LogP contribution in [0.25, 0.3) is 0 Å². The smallest absolute Gasteiger partial charge is 0.387 e. The Morgan fingerprint density at radius 3 is 2.48 bits per heavy atom. The van der Waals surface area contributed by atoms with E-state index >= 15 is 0 Å². The van der Waals surface area contributed by atoms with E-state index in [4.69, 9.17) is 4.74 Å². The van der Waals surface area contributed by atoms with Crippen LogP contribution in [0.1, 0.15) is 11.1 Å². The van der Waals surface area contributed by atoms with Crippen LogP contribution in [0.4, 0.5) is 13.2 Å². The summed E-state index contributed by atoms with van der Waals surface area (Å²) in [6.45, 7) is -2.38. The first-order chi connectivity index (χ1) is 12.5. The van der Waals surface area contributed by atoms with Gasteiger partial charge in [-0.25, -0.2) is 4.39 Å². The Kier molecular flexibility index (Phi) is 9.76. The maximum Gasteiger partial charge on any atom is 0.387 e. The van der Waals surface area contributed by atoms with Crippen molar-refractivity contribution in [3.8, 4) is 11.5 Å². The molecule has 2 N–H and O–H groups in total. The van der Waals surface area contributed by atoms with E-state index < -0.39 is 6.61 Å². The van der Waals surface area contributed by atoms with Crippen LogP contribution in [-0.4, -0.2) is 26.7 Å². The summed E-state index contributed by atoms with van der Waals surface area (Å²) in [5.41, 5.74) is 1.23. The van der Waals surface area contributed by atoms with Gasteiger partial charge in [0.15, 0.2) is 5.96 Å². The predicted molar refractivity (Wildman–Crippen MR) is 108 cm³/mol. The topological polar surface area (TPSA) is 54.9 Å². The maximum atomic E-state index is 13.2. The van der Waals surface area contributed by atoms with Crippen molar-refractivity contribution in [1.29, 1.82) is 0 Å². The Balaban J connectivity index is 0.00000364. The van der Waals surface area contributed by atoms with Gasteiger partial charge in [0.25, 0.3) is 0 Å². The van der Waals surface area contributed by atoms with Crippen LogP contribution in [0.5, 0.6) is 11.5 Å². The van der Waals surface area contributed by atoms with Gasteiger partial charge in [-0.1, -0.05) is 12.1 Å². The van der Waals surface area contributed by atoms with E-state index in [0.717, 1.165) is 5.56 Å². The molecule has 148 valence electrons. The number of hydrogen-bond donors (Lipinski definition) is 2. The lowest BCUT2D eigenvalue weighted by molar-refractivity contribution is -0.0504. The molecule has 0 atom stereocenters. The fourth-order valence-corrected chi connectivity index (χ4v) is 2.26. The largest absolute Gasteiger partial charge is 0.497 e. The Morgan fingerprint density at radius 2 is 1.85 bits per heavy atom. The van der Waals surface area contributed by atoms with E-state index in [1.54, 1.807) is 25.2 Å². The maximum absolute atomic E-state index is 13.2. The van der Waals surface area contributed by atoms with Gasteiger partial charge in [-0.15, -0.1) is 24.0 Å². The summed E-state index contributed by atoms with van der Waals surface area (Å²) < 4.78 is 47.9. The average molecular weight is 495 g/mol. The number of halogens is 4. The third-order valence-corrected chi connectivity index (χ3v) is 3.50. The Labute approximate surface area is 173 Å². The highest BCUT2D eigenvalue weighted by molar-refractivity contribution is 14.0. The van der Waals surface area contributed by atoms with Gasteiger partial charge in [0.1, 0.15) is 17.3 Å². The summed E-state index contributed by atoms with van der Waals surface area (Å²) >= 11 is 0. The number of nitrogens with one attached hydrogen (secondary N) is 2. The van der Waals surface area contributed by atoms with Gasteiger partial charge in [0.05, 0.1) is 7.11 Å². The van der Waals surface area contributed by atoms with Gasteiger partial charge in [0.2, 0.25) is 0 Å². The molecule has 0 unspecified atom stereocenters. The minimum atomic E-state index is -2.92. The lowest BCUT2D eigenvalue weighted by Gasteiger charge is -2.15. The first-order valence-electron chi connectivity index (χ1n) is 7.82. The van der Waals surface area contributed by atoms with E-state index in [0.29, 0.717) is 23.8 Å². The van der Waals surface area contributed by atoms with Gasteiger partial charge in [-0.2, -0.15) is 8.78 Å². The van der Waals surface area contributed by atoms with Crippen molar-refractivity contribution < 1.29 is 22.6 Å². The summed E-state index contributed by atoms with van der Waals surface area (Å²) in [5.74, 6) is 0.678. The molecule has 0 saturated heterocycles. The molecule has 0 spiro atoms. The van der Waals surface area contributed by atoms with Gasteiger partial charge in [0, 0.05) is 25.7 Å². The van der Waals surface area contributed by atoms with Crippen molar-refractivity contribution >= 4 is 29.9 Å². The SMILES string of the molecule is CN=C(NCc1cccc(F)c1)NCc1cc(OC)ccc1OC(F)F.I. The molecule has 9 heteroatoms. The highest BCUT2D eigenvalue weighted by Crippen LogP contribution is 2.25. The van der Waals surface area contributed by atoms with E-state index in [1.165, 1.54) is 31.4 Å². The second-order valence-electron chi connectivity index (χ2n) is 5.26.